The van der Waals surface area contributed by atoms with Crippen molar-refractivity contribution in [3.8, 4) is 6.08 Å². The monoisotopic (exact) mass is 160 g/mol. The largest absolute Gasteiger partial charge is 0.426 e. The minimum absolute atomic E-state index is 0.0118. The van der Waals surface area contributed by atoms with Crippen molar-refractivity contribution < 1.29 is 19.4 Å². The van der Waals surface area contributed by atoms with E-state index < -0.39 is 0 Å². The zero-order chi connectivity index (χ0) is 8.10. The lowest BCUT2D eigenvalue weighted by atomic mass is 10.5. The van der Waals surface area contributed by atoms with E-state index in [2.05, 4.69) is 14.8 Å². The minimum atomic E-state index is 0.0118. The molecule has 6 heteroatoms. The predicted molar refractivity (Wildman–Crippen MR) is 32.8 cm³/mol. The highest BCUT2D eigenvalue weighted by molar-refractivity contribution is 4.95. The molecular formula is C5H8N2O4. The molecule has 0 aliphatic heterocycles. The molecule has 0 spiro atoms. The lowest BCUT2D eigenvalue weighted by Crippen LogP contribution is -2.04. The van der Waals surface area contributed by atoms with Gasteiger partial charge in [0, 0.05) is 0 Å². The van der Waals surface area contributed by atoms with Crippen molar-refractivity contribution in [3.05, 3.63) is 12.0 Å². The summed E-state index contributed by atoms with van der Waals surface area (Å²) in [5.41, 5.74) is 1.91. The zero-order valence-electron chi connectivity index (χ0n) is 5.90. The summed E-state index contributed by atoms with van der Waals surface area (Å²) in [5.74, 6) is 0.458. The minimum Gasteiger partial charge on any atom is -0.411 e. The molecule has 0 radical (unpaired) electrons. The molecule has 0 aromatic carbocycles. The van der Waals surface area contributed by atoms with Gasteiger partial charge in [0.25, 0.3) is 0 Å². The summed E-state index contributed by atoms with van der Waals surface area (Å²) in [6.45, 7) is 0.181. The third-order valence-corrected chi connectivity index (χ3v) is 0.940. The van der Waals surface area contributed by atoms with E-state index in [1.807, 2.05) is 5.48 Å². The molecule has 0 atom stereocenters. The molecular weight excluding hydrogens is 152 g/mol. The molecule has 1 rings (SSSR count). The molecule has 0 aliphatic carbocycles. The smallest absolute Gasteiger partial charge is 0.411 e. The molecule has 2 N–H and O–H groups in total. The van der Waals surface area contributed by atoms with E-state index in [0.717, 1.165) is 0 Å². The van der Waals surface area contributed by atoms with Crippen LogP contribution < -0.4 is 10.4 Å². The second kappa shape index (κ2) is 3.91. The van der Waals surface area contributed by atoms with E-state index >= 15 is 0 Å². The van der Waals surface area contributed by atoms with Gasteiger partial charge in [0.1, 0.15) is 5.76 Å². The Bertz CT molecular complexity index is 192. The highest BCUT2D eigenvalue weighted by atomic mass is 17.2. The lowest BCUT2D eigenvalue weighted by Gasteiger charge is -1.92. The fourth-order valence-corrected chi connectivity index (χ4v) is 0.559. The summed E-state index contributed by atoms with van der Waals surface area (Å²) in [6.07, 6.45) is 1.43. The quantitative estimate of drug-likeness (QED) is 0.480. The first-order chi connectivity index (χ1) is 5.36. The van der Waals surface area contributed by atoms with Gasteiger partial charge in [-0.1, -0.05) is 0 Å². The topological polar surface area (TPSA) is 76.8 Å². The van der Waals surface area contributed by atoms with Crippen molar-refractivity contribution in [2.75, 3.05) is 7.11 Å². The number of nitrogens with zero attached hydrogens (tertiary/aromatic N) is 1. The van der Waals surface area contributed by atoms with Crippen LogP contribution in [0.1, 0.15) is 5.76 Å². The van der Waals surface area contributed by atoms with E-state index in [1.165, 1.54) is 13.3 Å². The van der Waals surface area contributed by atoms with E-state index in [-0.39, 0.29) is 12.6 Å². The van der Waals surface area contributed by atoms with Gasteiger partial charge < -0.3 is 9.62 Å². The van der Waals surface area contributed by atoms with Crippen LogP contribution in [-0.4, -0.2) is 17.3 Å². The van der Waals surface area contributed by atoms with E-state index in [1.54, 1.807) is 0 Å². The molecule has 0 saturated carbocycles. The zero-order valence-corrected chi connectivity index (χ0v) is 5.90. The Kier molecular flexibility index (Phi) is 2.84. The van der Waals surface area contributed by atoms with Crippen molar-refractivity contribution in [2.45, 2.75) is 6.54 Å². The number of nitrogens with one attached hydrogen (secondary N) is 1. The maximum absolute atomic E-state index is 8.25. The molecule has 11 heavy (non-hydrogen) atoms. The van der Waals surface area contributed by atoms with Crippen LogP contribution in [0.15, 0.2) is 10.6 Å². The van der Waals surface area contributed by atoms with Crippen LogP contribution in [0.4, 0.5) is 0 Å². The summed E-state index contributed by atoms with van der Waals surface area (Å²) in [7, 11) is 1.34. The van der Waals surface area contributed by atoms with Crippen molar-refractivity contribution in [1.29, 1.82) is 0 Å². The Morgan fingerprint density at radius 1 is 1.82 bits per heavy atom. The van der Waals surface area contributed by atoms with Crippen LogP contribution in [0, 0.1) is 0 Å². The van der Waals surface area contributed by atoms with Crippen molar-refractivity contribution in [2.24, 2.45) is 0 Å². The average molecular weight is 160 g/mol. The molecule has 0 aliphatic rings. The lowest BCUT2D eigenvalue weighted by molar-refractivity contribution is -0.196. The molecule has 0 bridgehead atoms. The van der Waals surface area contributed by atoms with Gasteiger partial charge in [-0.05, 0) is 0 Å². The van der Waals surface area contributed by atoms with Crippen LogP contribution in [0.2, 0.25) is 0 Å². The Hall–Kier alpha value is -1.11. The second-order valence-corrected chi connectivity index (χ2v) is 1.68. The van der Waals surface area contributed by atoms with Crippen molar-refractivity contribution in [3.63, 3.8) is 0 Å². The number of hydroxylamine groups is 1. The summed E-state index contributed by atoms with van der Waals surface area (Å²) in [5, 5.41) is 8.25. The van der Waals surface area contributed by atoms with Gasteiger partial charge in [-0.2, -0.15) is 15.4 Å². The van der Waals surface area contributed by atoms with Crippen molar-refractivity contribution >= 4 is 0 Å². The molecule has 1 heterocycles. The first kappa shape index (κ1) is 7.99. The second-order valence-electron chi connectivity index (χ2n) is 1.68. The predicted octanol–water partition coefficient (Wildman–Crippen LogP) is 0.0936. The maximum atomic E-state index is 8.25. The number of hydrogen-bond acceptors (Lipinski definition) is 6. The van der Waals surface area contributed by atoms with Crippen molar-refractivity contribution in [1.82, 2.24) is 10.5 Å². The Morgan fingerprint density at radius 3 is 3.27 bits per heavy atom. The number of oxazole rings is 1. The average Bonchev–Trinajstić information content (AvgIpc) is 2.38. The molecule has 1 aromatic heterocycles. The third-order valence-electron chi connectivity index (χ3n) is 0.940. The van der Waals surface area contributed by atoms with E-state index in [0.29, 0.717) is 5.76 Å². The first-order valence-electron chi connectivity index (χ1n) is 2.89. The fourth-order valence-electron chi connectivity index (χ4n) is 0.559. The van der Waals surface area contributed by atoms with E-state index in [4.69, 9.17) is 9.62 Å². The summed E-state index contributed by atoms with van der Waals surface area (Å²) < 4.78 is 4.88. The van der Waals surface area contributed by atoms with Gasteiger partial charge in [0.05, 0.1) is 19.9 Å². The maximum Gasteiger partial charge on any atom is 0.426 e. The van der Waals surface area contributed by atoms with Crippen LogP contribution in [0.5, 0.6) is 6.08 Å². The SMILES string of the molecule is COOc1ncc(CNO)o1. The normalized spacial score (nSPS) is 10.0. The first-order valence-corrected chi connectivity index (χ1v) is 2.89. The van der Waals surface area contributed by atoms with Crippen LogP contribution in [0.3, 0.4) is 0 Å². The third kappa shape index (κ3) is 2.19. The summed E-state index contributed by atoms with van der Waals surface area (Å²) in [6, 6.07) is 0. The highest BCUT2D eigenvalue weighted by Gasteiger charge is 2.03. The standard InChI is InChI=1S/C5H8N2O4/c1-9-11-5-6-2-4(10-5)3-7-8/h2,7-8H,3H2,1H3. The molecule has 0 unspecified atom stereocenters. The van der Waals surface area contributed by atoms with E-state index in [9.17, 15) is 0 Å². The van der Waals surface area contributed by atoms with Gasteiger partial charge in [-0.3, -0.25) is 4.89 Å². The number of hydrogen-bond donors (Lipinski definition) is 2. The molecule has 0 amide bonds. The summed E-state index contributed by atoms with van der Waals surface area (Å²) in [4.78, 5) is 12.4. The molecule has 1 aromatic rings. The van der Waals surface area contributed by atoms with Crippen LogP contribution in [-0.2, 0) is 11.4 Å². The number of aromatic nitrogens is 1. The molecule has 0 saturated heterocycles. The number of rotatable bonds is 4. The molecule has 0 fully saturated rings. The highest BCUT2D eigenvalue weighted by Crippen LogP contribution is 2.10. The Balaban J connectivity index is 2.51. The Labute approximate surface area is 62.6 Å². The molecule has 6 nitrogen and oxygen atoms in total. The van der Waals surface area contributed by atoms with Crippen LogP contribution in [0.25, 0.3) is 0 Å². The fraction of sp³-hybridized carbons (Fsp3) is 0.400. The Morgan fingerprint density at radius 2 is 2.64 bits per heavy atom. The van der Waals surface area contributed by atoms with Crippen LogP contribution >= 0.6 is 0 Å². The summed E-state index contributed by atoms with van der Waals surface area (Å²) >= 11 is 0. The van der Waals surface area contributed by atoms with Gasteiger partial charge >= 0.3 is 6.08 Å². The van der Waals surface area contributed by atoms with Gasteiger partial charge in [0.15, 0.2) is 0 Å². The van der Waals surface area contributed by atoms with Gasteiger partial charge in [-0.15, -0.1) is 0 Å². The molecule has 62 valence electrons. The van der Waals surface area contributed by atoms with Gasteiger partial charge in [0.2, 0.25) is 0 Å². The van der Waals surface area contributed by atoms with Gasteiger partial charge in [-0.25, -0.2) is 0 Å².